The Morgan fingerprint density at radius 1 is 1.33 bits per heavy atom. The van der Waals surface area contributed by atoms with Crippen molar-refractivity contribution in [2.45, 2.75) is 25.7 Å². The molecule has 0 aromatic carbocycles. The van der Waals surface area contributed by atoms with Crippen molar-refractivity contribution in [2.75, 3.05) is 39.8 Å². The third kappa shape index (κ3) is 2.28. The van der Waals surface area contributed by atoms with Crippen LogP contribution in [0.25, 0.3) is 0 Å². The van der Waals surface area contributed by atoms with Crippen molar-refractivity contribution in [1.29, 1.82) is 0 Å². The van der Waals surface area contributed by atoms with Crippen LogP contribution in [0.3, 0.4) is 0 Å². The minimum absolute atomic E-state index is 0.0627. The molecule has 4 nitrogen and oxygen atoms in total. The lowest BCUT2D eigenvalue weighted by atomic mass is 9.71. The number of carboxylic acid groups (broad SMARTS) is 1. The van der Waals surface area contributed by atoms with Gasteiger partial charge in [0.05, 0.1) is 5.92 Å². The Hall–Kier alpha value is -0.610. The highest BCUT2D eigenvalue weighted by Gasteiger charge is 2.51. The molecule has 18 heavy (non-hydrogen) atoms. The maximum absolute atomic E-state index is 11.6. The van der Waals surface area contributed by atoms with Crippen LogP contribution in [-0.2, 0) is 4.79 Å². The summed E-state index contributed by atoms with van der Waals surface area (Å²) >= 11 is 0. The molecule has 0 amide bonds. The number of aliphatic carboxylic acids is 1. The molecule has 0 aromatic heterocycles. The monoisotopic (exact) mass is 252 g/mol. The summed E-state index contributed by atoms with van der Waals surface area (Å²) in [5.41, 5.74) is 0.0627. The van der Waals surface area contributed by atoms with E-state index >= 15 is 0 Å². The van der Waals surface area contributed by atoms with Gasteiger partial charge in [0.2, 0.25) is 0 Å². The summed E-state index contributed by atoms with van der Waals surface area (Å²) in [5.74, 6) is 0.156. The fraction of sp³-hybridized carbons (Fsp3) is 0.929. The Morgan fingerprint density at radius 2 is 2.00 bits per heavy atom. The van der Waals surface area contributed by atoms with E-state index in [1.54, 1.807) is 0 Å². The molecule has 0 bridgehead atoms. The molecule has 2 saturated heterocycles. The van der Waals surface area contributed by atoms with Crippen molar-refractivity contribution >= 4 is 5.97 Å². The molecule has 0 aromatic rings. The van der Waals surface area contributed by atoms with Gasteiger partial charge in [-0.05, 0) is 51.7 Å². The average Bonchev–Trinajstić information content (AvgIpc) is 3.05. The first-order valence-electron chi connectivity index (χ1n) is 7.23. The molecule has 2 aliphatic heterocycles. The van der Waals surface area contributed by atoms with Gasteiger partial charge >= 0.3 is 5.97 Å². The van der Waals surface area contributed by atoms with Gasteiger partial charge in [0.1, 0.15) is 0 Å². The molecule has 1 aliphatic carbocycles. The lowest BCUT2D eigenvalue weighted by molar-refractivity contribution is -0.145. The first-order chi connectivity index (χ1) is 8.59. The highest BCUT2D eigenvalue weighted by Crippen LogP contribution is 2.45. The van der Waals surface area contributed by atoms with Crippen LogP contribution in [0.5, 0.6) is 0 Å². The second kappa shape index (κ2) is 4.49. The third-order valence-electron chi connectivity index (χ3n) is 5.21. The predicted octanol–water partition coefficient (Wildman–Crippen LogP) is 1.12. The first kappa shape index (κ1) is 12.4. The van der Waals surface area contributed by atoms with Crippen LogP contribution in [-0.4, -0.2) is 60.6 Å². The van der Waals surface area contributed by atoms with Crippen molar-refractivity contribution in [3.05, 3.63) is 0 Å². The van der Waals surface area contributed by atoms with E-state index in [9.17, 15) is 9.90 Å². The number of hydrogen-bond acceptors (Lipinski definition) is 3. The van der Waals surface area contributed by atoms with Crippen molar-refractivity contribution in [3.63, 3.8) is 0 Å². The van der Waals surface area contributed by atoms with Gasteiger partial charge in [-0.25, -0.2) is 0 Å². The standard InChI is InChI=1S/C14H24N2O2/c1-15-6-4-14(5-7-15)10-16(8-11-2-3-11)9-12(14)13(17)18/h11-12H,2-10H2,1H3,(H,17,18). The number of likely N-dealkylation sites (tertiary alicyclic amines) is 2. The van der Waals surface area contributed by atoms with Crippen molar-refractivity contribution in [2.24, 2.45) is 17.3 Å². The first-order valence-corrected chi connectivity index (χ1v) is 7.23. The summed E-state index contributed by atoms with van der Waals surface area (Å²) in [6, 6.07) is 0. The Bertz CT molecular complexity index is 333. The molecule has 3 rings (SSSR count). The highest BCUT2D eigenvalue weighted by molar-refractivity contribution is 5.72. The Kier molecular flexibility index (Phi) is 3.10. The normalized spacial score (nSPS) is 33.1. The van der Waals surface area contributed by atoms with E-state index in [0.29, 0.717) is 0 Å². The molecule has 1 unspecified atom stereocenters. The Morgan fingerprint density at radius 3 is 2.56 bits per heavy atom. The van der Waals surface area contributed by atoms with Crippen LogP contribution in [0.4, 0.5) is 0 Å². The number of piperidine rings is 1. The molecule has 1 spiro atoms. The van der Waals surface area contributed by atoms with Gasteiger partial charge in [-0.2, -0.15) is 0 Å². The minimum Gasteiger partial charge on any atom is -0.481 e. The van der Waals surface area contributed by atoms with Gasteiger partial charge in [-0.1, -0.05) is 0 Å². The van der Waals surface area contributed by atoms with E-state index in [4.69, 9.17) is 0 Å². The van der Waals surface area contributed by atoms with Crippen LogP contribution < -0.4 is 0 Å². The van der Waals surface area contributed by atoms with Crippen molar-refractivity contribution < 1.29 is 9.90 Å². The van der Waals surface area contributed by atoms with Crippen molar-refractivity contribution in [1.82, 2.24) is 9.80 Å². The zero-order valence-electron chi connectivity index (χ0n) is 11.3. The maximum Gasteiger partial charge on any atom is 0.308 e. The number of carboxylic acids is 1. The van der Waals surface area contributed by atoms with Gasteiger partial charge in [-0.3, -0.25) is 4.79 Å². The number of nitrogens with zero attached hydrogens (tertiary/aromatic N) is 2. The van der Waals surface area contributed by atoms with Gasteiger partial charge < -0.3 is 14.9 Å². The molecule has 1 N–H and O–H groups in total. The zero-order valence-corrected chi connectivity index (χ0v) is 11.3. The van der Waals surface area contributed by atoms with E-state index in [0.717, 1.165) is 51.5 Å². The van der Waals surface area contributed by atoms with Crippen LogP contribution in [0, 0.1) is 17.3 Å². The Labute approximate surface area is 109 Å². The molecule has 4 heteroatoms. The van der Waals surface area contributed by atoms with Crippen LogP contribution in [0.15, 0.2) is 0 Å². The predicted molar refractivity (Wildman–Crippen MR) is 69.5 cm³/mol. The molecule has 1 atom stereocenters. The largest absolute Gasteiger partial charge is 0.481 e. The second-order valence-electron chi connectivity index (χ2n) is 6.69. The number of rotatable bonds is 3. The van der Waals surface area contributed by atoms with Gasteiger partial charge in [0.15, 0.2) is 0 Å². The zero-order chi connectivity index (χ0) is 12.8. The van der Waals surface area contributed by atoms with Gasteiger partial charge in [0, 0.05) is 25.0 Å². The third-order valence-corrected chi connectivity index (χ3v) is 5.21. The average molecular weight is 252 g/mol. The SMILES string of the molecule is CN1CCC2(CC1)CN(CC1CC1)CC2C(=O)O. The Balaban J connectivity index is 1.71. The van der Waals surface area contributed by atoms with Crippen molar-refractivity contribution in [3.8, 4) is 0 Å². The highest BCUT2D eigenvalue weighted by atomic mass is 16.4. The summed E-state index contributed by atoms with van der Waals surface area (Å²) < 4.78 is 0. The summed E-state index contributed by atoms with van der Waals surface area (Å²) in [6.45, 7) is 5.06. The lowest BCUT2D eigenvalue weighted by Crippen LogP contribution is -2.44. The van der Waals surface area contributed by atoms with Crippen LogP contribution in [0.2, 0.25) is 0 Å². The topological polar surface area (TPSA) is 43.8 Å². The summed E-state index contributed by atoms with van der Waals surface area (Å²) in [6.07, 6.45) is 4.82. The van der Waals surface area contributed by atoms with Crippen LogP contribution >= 0.6 is 0 Å². The molecule has 0 radical (unpaired) electrons. The van der Waals surface area contributed by atoms with E-state index < -0.39 is 5.97 Å². The summed E-state index contributed by atoms with van der Waals surface area (Å²) in [5, 5.41) is 9.52. The van der Waals surface area contributed by atoms with E-state index in [1.165, 1.54) is 12.8 Å². The molecular formula is C14H24N2O2. The second-order valence-corrected chi connectivity index (χ2v) is 6.69. The maximum atomic E-state index is 11.6. The lowest BCUT2D eigenvalue weighted by Gasteiger charge is -2.40. The molecule has 1 saturated carbocycles. The molecule has 102 valence electrons. The van der Waals surface area contributed by atoms with E-state index in [1.807, 2.05) is 0 Å². The fourth-order valence-corrected chi connectivity index (χ4v) is 3.79. The molecule has 3 aliphatic rings. The summed E-state index contributed by atoms with van der Waals surface area (Å²) in [4.78, 5) is 16.3. The van der Waals surface area contributed by atoms with E-state index in [-0.39, 0.29) is 11.3 Å². The quantitative estimate of drug-likeness (QED) is 0.817. The van der Waals surface area contributed by atoms with Gasteiger partial charge in [-0.15, -0.1) is 0 Å². The number of hydrogen-bond donors (Lipinski definition) is 1. The molecular weight excluding hydrogens is 228 g/mol. The summed E-state index contributed by atoms with van der Waals surface area (Å²) in [7, 11) is 2.14. The van der Waals surface area contributed by atoms with Gasteiger partial charge in [0.25, 0.3) is 0 Å². The number of carbonyl (C=O) groups is 1. The van der Waals surface area contributed by atoms with Crippen LogP contribution in [0.1, 0.15) is 25.7 Å². The molecule has 2 heterocycles. The molecule has 3 fully saturated rings. The minimum atomic E-state index is -0.571. The smallest absolute Gasteiger partial charge is 0.308 e. The van der Waals surface area contributed by atoms with E-state index in [2.05, 4.69) is 16.8 Å². The fourth-order valence-electron chi connectivity index (χ4n) is 3.79.